The maximum absolute atomic E-state index is 12.0. The summed E-state index contributed by atoms with van der Waals surface area (Å²) in [4.78, 5) is 22.1. The van der Waals surface area contributed by atoms with Gasteiger partial charge in [0.25, 0.3) is 11.6 Å². The number of hydrogen-bond donors (Lipinski definition) is 1. The lowest BCUT2D eigenvalue weighted by Gasteiger charge is -2.05. The summed E-state index contributed by atoms with van der Waals surface area (Å²) in [5.41, 5.74) is 1.28. The van der Waals surface area contributed by atoms with Crippen LogP contribution in [0.1, 0.15) is 16.2 Å². The van der Waals surface area contributed by atoms with Crippen LogP contribution in [0.3, 0.4) is 0 Å². The monoisotopic (exact) mass is 294 g/mol. The molecule has 8 heteroatoms. The molecule has 0 spiro atoms. The van der Waals surface area contributed by atoms with Gasteiger partial charge in [-0.05, 0) is 25.1 Å². The molecule has 20 heavy (non-hydrogen) atoms. The highest BCUT2D eigenvalue weighted by molar-refractivity contribution is 6.33. The Hall–Kier alpha value is -2.41. The maximum atomic E-state index is 12.0. The Balaban J connectivity index is 2.22. The smallest absolute Gasteiger partial charge is 0.288 e. The Morgan fingerprint density at radius 2 is 2.15 bits per heavy atom. The normalized spacial score (nSPS) is 10.3. The molecule has 1 N–H and O–H groups in total. The largest absolute Gasteiger partial charge is 0.321 e. The molecule has 0 unspecified atom stereocenters. The number of halogens is 1. The predicted molar refractivity (Wildman–Crippen MR) is 74.0 cm³/mol. The van der Waals surface area contributed by atoms with Gasteiger partial charge >= 0.3 is 0 Å². The minimum Gasteiger partial charge on any atom is -0.321 e. The average Bonchev–Trinajstić information content (AvgIpc) is 2.68. The maximum Gasteiger partial charge on any atom is 0.288 e. The minimum absolute atomic E-state index is 0.0333. The molecule has 104 valence electrons. The first-order valence-corrected chi connectivity index (χ1v) is 6.02. The molecule has 0 aliphatic rings. The Kier molecular flexibility index (Phi) is 3.71. The number of nitrogens with one attached hydrogen (secondary N) is 1. The summed E-state index contributed by atoms with van der Waals surface area (Å²) in [6, 6.07) is 5.64. The summed E-state index contributed by atoms with van der Waals surface area (Å²) in [5.74, 6) is -0.363. The lowest BCUT2D eigenvalue weighted by molar-refractivity contribution is -0.384. The van der Waals surface area contributed by atoms with Gasteiger partial charge in [-0.25, -0.2) is 0 Å². The van der Waals surface area contributed by atoms with E-state index >= 15 is 0 Å². The van der Waals surface area contributed by atoms with Crippen molar-refractivity contribution < 1.29 is 9.72 Å². The van der Waals surface area contributed by atoms with Crippen molar-refractivity contribution in [2.24, 2.45) is 7.05 Å². The fourth-order valence-electron chi connectivity index (χ4n) is 1.75. The first kappa shape index (κ1) is 14.0. The van der Waals surface area contributed by atoms with E-state index < -0.39 is 4.92 Å². The van der Waals surface area contributed by atoms with E-state index in [1.54, 1.807) is 20.0 Å². The molecule has 0 aliphatic carbocycles. The lowest BCUT2D eigenvalue weighted by Crippen LogP contribution is -2.16. The summed E-state index contributed by atoms with van der Waals surface area (Å²) in [6.45, 7) is 1.78. The highest BCUT2D eigenvalue weighted by Gasteiger charge is 2.15. The van der Waals surface area contributed by atoms with Crippen LogP contribution < -0.4 is 5.32 Å². The second kappa shape index (κ2) is 5.30. The van der Waals surface area contributed by atoms with Crippen LogP contribution in [-0.4, -0.2) is 20.6 Å². The third-order valence-corrected chi connectivity index (χ3v) is 2.94. The van der Waals surface area contributed by atoms with Gasteiger partial charge in [0.1, 0.15) is 10.7 Å². The van der Waals surface area contributed by atoms with Gasteiger partial charge in [0.15, 0.2) is 0 Å². The van der Waals surface area contributed by atoms with Crippen LogP contribution >= 0.6 is 11.6 Å². The fourth-order valence-corrected chi connectivity index (χ4v) is 2.00. The van der Waals surface area contributed by atoms with Crippen LogP contribution in [0.4, 0.5) is 11.4 Å². The van der Waals surface area contributed by atoms with Crippen LogP contribution in [-0.2, 0) is 7.05 Å². The van der Waals surface area contributed by atoms with Crippen LogP contribution in [0.15, 0.2) is 24.3 Å². The standard InChI is InChI=1S/C12H11ClN4O3/c1-7-5-11(16(2)15-7)12(18)14-8-3-4-10(17(19)20)9(13)6-8/h3-6H,1-2H3,(H,14,18). The Bertz CT molecular complexity index is 696. The first-order chi connectivity index (χ1) is 9.38. The van der Waals surface area contributed by atoms with E-state index in [2.05, 4.69) is 10.4 Å². The molecule has 1 amide bonds. The number of amides is 1. The van der Waals surface area contributed by atoms with Crippen LogP contribution in [0.25, 0.3) is 0 Å². The zero-order valence-electron chi connectivity index (χ0n) is 10.8. The molecule has 7 nitrogen and oxygen atoms in total. The number of hydrogen-bond acceptors (Lipinski definition) is 4. The molecule has 0 bridgehead atoms. The Morgan fingerprint density at radius 3 is 2.65 bits per heavy atom. The van der Waals surface area contributed by atoms with E-state index in [1.807, 2.05) is 0 Å². The van der Waals surface area contributed by atoms with Crippen molar-refractivity contribution in [3.05, 3.63) is 50.8 Å². The van der Waals surface area contributed by atoms with Crippen LogP contribution in [0.5, 0.6) is 0 Å². The molecular formula is C12H11ClN4O3. The summed E-state index contributed by atoms with van der Waals surface area (Å²) >= 11 is 5.78. The van der Waals surface area contributed by atoms with Crippen molar-refractivity contribution in [3.63, 3.8) is 0 Å². The number of nitrogens with zero attached hydrogens (tertiary/aromatic N) is 3. The third-order valence-electron chi connectivity index (χ3n) is 2.64. The third kappa shape index (κ3) is 2.77. The van der Waals surface area contributed by atoms with E-state index in [-0.39, 0.29) is 16.6 Å². The molecule has 1 heterocycles. The number of benzene rings is 1. The molecule has 2 aromatic rings. The van der Waals surface area contributed by atoms with Gasteiger partial charge in [-0.15, -0.1) is 0 Å². The number of rotatable bonds is 3. The molecule has 0 saturated heterocycles. The van der Waals surface area contributed by atoms with Gasteiger partial charge in [0.05, 0.1) is 10.6 Å². The molecule has 0 radical (unpaired) electrons. The first-order valence-electron chi connectivity index (χ1n) is 5.64. The van der Waals surface area contributed by atoms with E-state index in [0.717, 1.165) is 5.69 Å². The van der Waals surface area contributed by atoms with Crippen molar-refractivity contribution in [3.8, 4) is 0 Å². The summed E-state index contributed by atoms with van der Waals surface area (Å²) in [5, 5.41) is 17.3. The topological polar surface area (TPSA) is 90.1 Å². The lowest BCUT2D eigenvalue weighted by atomic mass is 10.2. The molecule has 0 fully saturated rings. The van der Waals surface area contributed by atoms with Crippen molar-refractivity contribution in [2.75, 3.05) is 5.32 Å². The number of carbonyl (C=O) groups excluding carboxylic acids is 1. The highest BCUT2D eigenvalue weighted by atomic mass is 35.5. The second-order valence-electron chi connectivity index (χ2n) is 4.17. The number of nitro benzene ring substituents is 1. The molecule has 0 aliphatic heterocycles. The van der Waals surface area contributed by atoms with E-state index in [4.69, 9.17) is 11.6 Å². The van der Waals surface area contributed by atoms with Gasteiger partial charge in [-0.1, -0.05) is 11.6 Å². The molecule has 0 atom stereocenters. The Labute approximate surface area is 119 Å². The highest BCUT2D eigenvalue weighted by Crippen LogP contribution is 2.27. The van der Waals surface area contributed by atoms with Crippen LogP contribution in [0.2, 0.25) is 5.02 Å². The van der Waals surface area contributed by atoms with E-state index in [9.17, 15) is 14.9 Å². The van der Waals surface area contributed by atoms with Gasteiger partial charge in [0.2, 0.25) is 0 Å². The number of nitro groups is 1. The predicted octanol–water partition coefficient (Wildman–Crippen LogP) is 2.54. The molecule has 1 aromatic carbocycles. The molecule has 2 rings (SSSR count). The summed E-state index contributed by atoms with van der Waals surface area (Å²) < 4.78 is 1.46. The van der Waals surface area contributed by atoms with Crippen molar-refractivity contribution in [2.45, 2.75) is 6.92 Å². The fraction of sp³-hybridized carbons (Fsp3) is 0.167. The zero-order valence-corrected chi connectivity index (χ0v) is 11.5. The van der Waals surface area contributed by atoms with Gasteiger partial charge < -0.3 is 5.32 Å². The quantitative estimate of drug-likeness (QED) is 0.695. The average molecular weight is 295 g/mol. The van der Waals surface area contributed by atoms with Gasteiger partial charge in [-0.3, -0.25) is 19.6 Å². The molecule has 0 saturated carbocycles. The number of aryl methyl sites for hydroxylation is 2. The van der Waals surface area contributed by atoms with E-state index in [1.165, 1.54) is 22.9 Å². The summed E-state index contributed by atoms with van der Waals surface area (Å²) in [6.07, 6.45) is 0. The van der Waals surface area contributed by atoms with Gasteiger partial charge in [0, 0.05) is 18.8 Å². The molecule has 1 aromatic heterocycles. The number of carbonyl (C=O) groups is 1. The van der Waals surface area contributed by atoms with Crippen molar-refractivity contribution in [1.29, 1.82) is 0 Å². The Morgan fingerprint density at radius 1 is 1.45 bits per heavy atom. The van der Waals surface area contributed by atoms with Crippen molar-refractivity contribution >= 4 is 28.9 Å². The van der Waals surface area contributed by atoms with Gasteiger partial charge in [-0.2, -0.15) is 5.10 Å². The van der Waals surface area contributed by atoms with Crippen LogP contribution in [0, 0.1) is 17.0 Å². The zero-order chi connectivity index (χ0) is 14.9. The van der Waals surface area contributed by atoms with E-state index in [0.29, 0.717) is 11.4 Å². The van der Waals surface area contributed by atoms with Crippen molar-refractivity contribution in [1.82, 2.24) is 9.78 Å². The SMILES string of the molecule is Cc1cc(C(=O)Nc2ccc([N+](=O)[O-])c(Cl)c2)n(C)n1. The minimum atomic E-state index is -0.585. The second-order valence-corrected chi connectivity index (χ2v) is 4.58. The number of anilines is 1. The molecular weight excluding hydrogens is 284 g/mol. The number of aromatic nitrogens is 2. The summed E-state index contributed by atoms with van der Waals surface area (Å²) in [7, 11) is 1.66.